The van der Waals surface area contributed by atoms with E-state index in [1.54, 1.807) is 19.1 Å². The first-order chi connectivity index (χ1) is 12.6. The van der Waals surface area contributed by atoms with E-state index < -0.39 is 11.4 Å². The molecule has 3 unspecified atom stereocenters. The summed E-state index contributed by atoms with van der Waals surface area (Å²) in [5, 5.41) is 9.53. The Morgan fingerprint density at radius 1 is 1.26 bits per heavy atom. The quantitative estimate of drug-likeness (QED) is 0.721. The van der Waals surface area contributed by atoms with Crippen molar-refractivity contribution in [2.24, 2.45) is 17.3 Å². The molecule has 1 aromatic carbocycles. The summed E-state index contributed by atoms with van der Waals surface area (Å²) in [5.41, 5.74) is 0.850. The van der Waals surface area contributed by atoms with Crippen molar-refractivity contribution in [3.63, 3.8) is 0 Å². The number of rotatable bonds is 3. The van der Waals surface area contributed by atoms with Crippen molar-refractivity contribution >= 4 is 35.2 Å². The molecule has 0 aromatic heterocycles. The number of aliphatic carboxylic acids is 1. The molecule has 1 aromatic rings. The second kappa shape index (κ2) is 8.83. The van der Waals surface area contributed by atoms with Gasteiger partial charge in [0.05, 0.1) is 6.42 Å². The number of hydrogen-bond donors (Lipinski definition) is 1. The highest BCUT2D eigenvalue weighted by atomic mass is 35.5. The van der Waals surface area contributed by atoms with Crippen LogP contribution in [0.3, 0.4) is 0 Å². The van der Waals surface area contributed by atoms with Crippen molar-refractivity contribution in [1.29, 1.82) is 0 Å². The first kappa shape index (κ1) is 21.4. The molecule has 0 aliphatic heterocycles. The van der Waals surface area contributed by atoms with Gasteiger partial charge >= 0.3 is 5.97 Å². The summed E-state index contributed by atoms with van der Waals surface area (Å²) in [4.78, 5) is 33.9. The third-order valence-electron chi connectivity index (χ3n) is 5.39. The SMILES string of the molecule is CC1(CC(=O)O)CCC(=Cc2ccc(Cl)cc2)C1=O.CC1CC(=O)C(C)C1. The van der Waals surface area contributed by atoms with Crippen LogP contribution >= 0.6 is 11.6 Å². The van der Waals surface area contributed by atoms with Crippen molar-refractivity contribution in [2.75, 3.05) is 0 Å². The second-order valence-corrected chi connectivity index (χ2v) is 8.53. The molecule has 0 amide bonds. The summed E-state index contributed by atoms with van der Waals surface area (Å²) in [7, 11) is 0. The van der Waals surface area contributed by atoms with E-state index in [4.69, 9.17) is 16.7 Å². The minimum absolute atomic E-state index is 0.0511. The van der Waals surface area contributed by atoms with Gasteiger partial charge in [0.1, 0.15) is 5.78 Å². The van der Waals surface area contributed by atoms with Crippen molar-refractivity contribution in [3.05, 3.63) is 40.4 Å². The van der Waals surface area contributed by atoms with Crippen molar-refractivity contribution in [3.8, 4) is 0 Å². The maximum Gasteiger partial charge on any atom is 0.304 e. The molecule has 2 saturated carbocycles. The number of carbonyl (C=O) groups excluding carboxylic acids is 2. The van der Waals surface area contributed by atoms with Gasteiger partial charge in [0.25, 0.3) is 0 Å². The fourth-order valence-electron chi connectivity index (χ4n) is 3.79. The molecule has 0 radical (unpaired) electrons. The normalized spacial score (nSPS) is 29.0. The number of allylic oxidation sites excluding steroid dienone is 1. The van der Waals surface area contributed by atoms with Crippen LogP contribution < -0.4 is 0 Å². The van der Waals surface area contributed by atoms with Crippen molar-refractivity contribution in [2.45, 2.75) is 52.9 Å². The van der Waals surface area contributed by atoms with Crippen LogP contribution in [0.25, 0.3) is 6.08 Å². The lowest BCUT2D eigenvalue weighted by atomic mass is 9.84. The molecular formula is C22H27ClO4. The minimum Gasteiger partial charge on any atom is -0.481 e. The molecule has 0 saturated heterocycles. The van der Waals surface area contributed by atoms with E-state index in [-0.39, 0.29) is 12.2 Å². The fourth-order valence-corrected chi connectivity index (χ4v) is 3.91. The van der Waals surface area contributed by atoms with Crippen molar-refractivity contribution in [1.82, 2.24) is 0 Å². The van der Waals surface area contributed by atoms with E-state index in [2.05, 4.69) is 6.92 Å². The molecule has 0 spiro atoms. The van der Waals surface area contributed by atoms with Crippen LogP contribution in [0.15, 0.2) is 29.8 Å². The first-order valence-electron chi connectivity index (χ1n) is 9.36. The molecule has 146 valence electrons. The Hall–Kier alpha value is -1.94. The first-order valence-corrected chi connectivity index (χ1v) is 9.74. The number of hydrogen-bond acceptors (Lipinski definition) is 3. The Bertz CT molecular complexity index is 750. The number of carboxylic acid groups (broad SMARTS) is 1. The van der Waals surface area contributed by atoms with Gasteiger partial charge in [-0.05, 0) is 54.5 Å². The van der Waals surface area contributed by atoms with Gasteiger partial charge in [-0.3, -0.25) is 14.4 Å². The summed E-state index contributed by atoms with van der Waals surface area (Å²) < 4.78 is 0. The van der Waals surface area contributed by atoms with Gasteiger partial charge in [0.15, 0.2) is 5.78 Å². The summed E-state index contributed by atoms with van der Waals surface area (Å²) >= 11 is 5.81. The lowest BCUT2D eigenvalue weighted by Crippen LogP contribution is -2.25. The van der Waals surface area contributed by atoms with E-state index >= 15 is 0 Å². The smallest absolute Gasteiger partial charge is 0.304 e. The molecule has 2 aliphatic carbocycles. The monoisotopic (exact) mass is 390 g/mol. The van der Waals surface area contributed by atoms with E-state index in [9.17, 15) is 14.4 Å². The zero-order valence-corrected chi connectivity index (χ0v) is 16.9. The van der Waals surface area contributed by atoms with Crippen LogP contribution in [-0.2, 0) is 14.4 Å². The Morgan fingerprint density at radius 3 is 2.33 bits per heavy atom. The van der Waals surface area contributed by atoms with E-state index in [1.807, 2.05) is 25.1 Å². The number of benzene rings is 1. The number of carbonyl (C=O) groups is 3. The van der Waals surface area contributed by atoms with E-state index in [0.717, 1.165) is 18.4 Å². The van der Waals surface area contributed by atoms with Gasteiger partial charge in [-0.1, -0.05) is 44.5 Å². The topological polar surface area (TPSA) is 71.4 Å². The lowest BCUT2D eigenvalue weighted by molar-refractivity contribution is -0.142. The highest BCUT2D eigenvalue weighted by molar-refractivity contribution is 6.30. The second-order valence-electron chi connectivity index (χ2n) is 8.09. The highest BCUT2D eigenvalue weighted by Gasteiger charge is 2.42. The highest BCUT2D eigenvalue weighted by Crippen LogP contribution is 2.41. The molecule has 3 rings (SSSR count). The maximum absolute atomic E-state index is 12.3. The van der Waals surface area contributed by atoms with Gasteiger partial charge in [-0.15, -0.1) is 0 Å². The summed E-state index contributed by atoms with van der Waals surface area (Å²) in [6.07, 6.45) is 4.87. The number of halogens is 1. The van der Waals surface area contributed by atoms with Crippen molar-refractivity contribution < 1.29 is 19.5 Å². The van der Waals surface area contributed by atoms with Gasteiger partial charge in [-0.25, -0.2) is 0 Å². The molecule has 5 heteroatoms. The van der Waals surface area contributed by atoms with Gasteiger partial charge in [-0.2, -0.15) is 0 Å². The molecule has 0 heterocycles. The van der Waals surface area contributed by atoms with Crippen LogP contribution in [0.5, 0.6) is 0 Å². The Balaban J connectivity index is 0.000000273. The molecule has 2 fully saturated rings. The number of ketones is 2. The van der Waals surface area contributed by atoms with Crippen LogP contribution in [0, 0.1) is 17.3 Å². The third kappa shape index (κ3) is 5.77. The lowest BCUT2D eigenvalue weighted by Gasteiger charge is -2.18. The molecule has 2 aliphatic rings. The molecule has 27 heavy (non-hydrogen) atoms. The number of Topliss-reactive ketones (excluding diaryl/α,β-unsaturated/α-hetero) is 2. The summed E-state index contributed by atoms with van der Waals surface area (Å²) in [6.45, 7) is 5.89. The fraction of sp³-hybridized carbons (Fsp3) is 0.500. The molecule has 0 bridgehead atoms. The average molecular weight is 391 g/mol. The zero-order chi connectivity index (χ0) is 20.2. The average Bonchev–Trinajstić information content (AvgIpc) is 3.02. The Kier molecular flexibility index (Phi) is 6.99. The largest absolute Gasteiger partial charge is 0.481 e. The van der Waals surface area contributed by atoms with Crippen LogP contribution in [0.1, 0.15) is 58.4 Å². The van der Waals surface area contributed by atoms with Gasteiger partial charge in [0, 0.05) is 22.8 Å². The molecular weight excluding hydrogens is 364 g/mol. The predicted molar refractivity (Wildman–Crippen MR) is 107 cm³/mol. The zero-order valence-electron chi connectivity index (χ0n) is 16.1. The molecule has 1 N–H and O–H groups in total. The predicted octanol–water partition coefficient (Wildman–Crippen LogP) is 5.19. The third-order valence-corrected chi connectivity index (χ3v) is 5.65. The summed E-state index contributed by atoms with van der Waals surface area (Å²) in [5.74, 6) is 0.480. The Labute approximate surface area is 165 Å². The van der Waals surface area contributed by atoms with Crippen LogP contribution in [0.2, 0.25) is 5.02 Å². The van der Waals surface area contributed by atoms with Crippen LogP contribution in [-0.4, -0.2) is 22.6 Å². The minimum atomic E-state index is -0.927. The standard InChI is InChI=1S/C15H15ClO3.C7H12O/c1-15(9-13(17)18)7-6-11(14(15)19)8-10-2-4-12(16)5-3-10;1-5-3-6(2)7(8)4-5/h2-5,8H,6-7,9H2,1H3,(H,17,18);5-6H,3-4H2,1-2H3. The van der Waals surface area contributed by atoms with Gasteiger partial charge in [0.2, 0.25) is 0 Å². The van der Waals surface area contributed by atoms with E-state index in [0.29, 0.717) is 41.1 Å². The van der Waals surface area contributed by atoms with Crippen LogP contribution in [0.4, 0.5) is 0 Å². The summed E-state index contributed by atoms with van der Waals surface area (Å²) in [6, 6.07) is 7.22. The Morgan fingerprint density at radius 2 is 1.89 bits per heavy atom. The maximum atomic E-state index is 12.3. The van der Waals surface area contributed by atoms with E-state index in [1.165, 1.54) is 0 Å². The van der Waals surface area contributed by atoms with Gasteiger partial charge < -0.3 is 5.11 Å². The molecule has 3 atom stereocenters. The number of carboxylic acids is 1. The molecule has 4 nitrogen and oxygen atoms in total.